The minimum Gasteiger partial charge on any atom is -0.391 e. The molecule has 1 aromatic carbocycles. The van der Waals surface area contributed by atoms with Crippen LogP contribution in [0.15, 0.2) is 42.6 Å². The zero-order valence-electron chi connectivity index (χ0n) is 16.7. The van der Waals surface area contributed by atoms with Gasteiger partial charge in [0.2, 0.25) is 0 Å². The zero-order valence-corrected chi connectivity index (χ0v) is 16.7. The van der Waals surface area contributed by atoms with Crippen LogP contribution >= 0.6 is 0 Å². The summed E-state index contributed by atoms with van der Waals surface area (Å²) in [7, 11) is 0. The summed E-state index contributed by atoms with van der Waals surface area (Å²) in [6.07, 6.45) is 4.59. The molecule has 0 bridgehead atoms. The van der Waals surface area contributed by atoms with E-state index in [0.717, 1.165) is 52.0 Å². The summed E-state index contributed by atoms with van der Waals surface area (Å²) in [5.74, 6) is -0.146. The highest BCUT2D eigenvalue weighted by Gasteiger charge is 2.40. The Labute approximate surface area is 171 Å². The second-order valence-corrected chi connectivity index (χ2v) is 8.16. The van der Waals surface area contributed by atoms with Gasteiger partial charge >= 0.3 is 0 Å². The Morgan fingerprint density at radius 2 is 1.97 bits per heavy atom. The number of hydrogen-bond acceptors (Lipinski definition) is 5. The second-order valence-electron chi connectivity index (χ2n) is 8.16. The van der Waals surface area contributed by atoms with Crippen molar-refractivity contribution >= 4 is 5.91 Å². The number of aliphatic hydroxyl groups is 1. The molecule has 3 atom stereocenters. The molecule has 0 spiro atoms. The summed E-state index contributed by atoms with van der Waals surface area (Å²) in [5.41, 5.74) is 1.49. The molecule has 0 unspecified atom stereocenters. The summed E-state index contributed by atoms with van der Waals surface area (Å²) < 4.78 is 5.49. The van der Waals surface area contributed by atoms with E-state index >= 15 is 0 Å². The molecule has 1 aliphatic heterocycles. The maximum absolute atomic E-state index is 12.5. The first kappa shape index (κ1) is 20.1. The van der Waals surface area contributed by atoms with Crippen LogP contribution in [0.3, 0.4) is 0 Å². The molecule has 1 saturated heterocycles. The largest absolute Gasteiger partial charge is 0.391 e. The summed E-state index contributed by atoms with van der Waals surface area (Å²) in [4.78, 5) is 14.9. The van der Waals surface area contributed by atoms with Crippen LogP contribution in [0.5, 0.6) is 0 Å². The molecule has 156 valence electrons. The van der Waals surface area contributed by atoms with Crippen molar-refractivity contribution in [1.29, 1.82) is 0 Å². The van der Waals surface area contributed by atoms with Crippen molar-refractivity contribution < 1.29 is 14.6 Å². The molecule has 2 fully saturated rings. The number of amides is 1. The van der Waals surface area contributed by atoms with E-state index in [2.05, 4.69) is 44.7 Å². The summed E-state index contributed by atoms with van der Waals surface area (Å²) >= 11 is 0. The van der Waals surface area contributed by atoms with Gasteiger partial charge in [0.05, 0.1) is 19.3 Å². The van der Waals surface area contributed by atoms with Crippen molar-refractivity contribution in [2.45, 2.75) is 43.2 Å². The second kappa shape index (κ2) is 9.07. The van der Waals surface area contributed by atoms with Crippen LogP contribution in [-0.4, -0.2) is 71.1 Å². The summed E-state index contributed by atoms with van der Waals surface area (Å²) in [6, 6.07) is 12.2. The van der Waals surface area contributed by atoms with Crippen LogP contribution in [0.4, 0.5) is 0 Å². The highest BCUT2D eigenvalue weighted by atomic mass is 16.5. The standard InChI is InChI=1S/C22H30N4O3/c27-20-7-10-22(17-4-2-1-3-5-17,16-23-21(28)18-8-11-24-25-18)9-6-19(20)26-12-14-29-15-13-26/h1-5,8,11,19-20,27H,6-7,9-10,12-16H2,(H,23,28)(H,24,25)/t19-,20-,22+/m0/s1. The fourth-order valence-corrected chi connectivity index (χ4v) is 4.78. The SMILES string of the molecule is O=C(NC[C@]1(c2ccccc2)CC[C@H](O)[C@@H](N2CCOCC2)CC1)c1ccn[nH]1. The molecule has 2 aliphatic rings. The predicted molar refractivity (Wildman–Crippen MR) is 110 cm³/mol. The first-order chi connectivity index (χ1) is 14.2. The number of carbonyl (C=O) groups excluding carboxylic acids is 1. The smallest absolute Gasteiger partial charge is 0.269 e. The fraction of sp³-hybridized carbons (Fsp3) is 0.545. The number of nitrogens with zero attached hydrogens (tertiary/aromatic N) is 2. The van der Waals surface area contributed by atoms with Crippen LogP contribution in [0, 0.1) is 0 Å². The molecule has 1 aliphatic carbocycles. The van der Waals surface area contributed by atoms with E-state index in [1.165, 1.54) is 5.56 Å². The van der Waals surface area contributed by atoms with Gasteiger partial charge in [0.1, 0.15) is 5.69 Å². The van der Waals surface area contributed by atoms with Gasteiger partial charge in [0.15, 0.2) is 0 Å². The Morgan fingerprint density at radius 3 is 2.69 bits per heavy atom. The minimum absolute atomic E-state index is 0.146. The minimum atomic E-state index is -0.359. The van der Waals surface area contributed by atoms with Crippen molar-refractivity contribution in [2.24, 2.45) is 0 Å². The topological polar surface area (TPSA) is 90.5 Å². The van der Waals surface area contributed by atoms with Gasteiger partial charge in [-0.3, -0.25) is 14.8 Å². The van der Waals surface area contributed by atoms with E-state index in [1.807, 2.05) is 6.07 Å². The Bertz CT molecular complexity index is 777. The van der Waals surface area contributed by atoms with Crippen molar-refractivity contribution in [3.8, 4) is 0 Å². The highest BCUT2D eigenvalue weighted by molar-refractivity contribution is 5.92. The molecule has 3 N–H and O–H groups in total. The molecule has 4 rings (SSSR count). The van der Waals surface area contributed by atoms with Gasteiger partial charge in [-0.2, -0.15) is 5.10 Å². The number of aromatic nitrogens is 2. The maximum atomic E-state index is 12.5. The van der Waals surface area contributed by atoms with Crippen LogP contribution in [-0.2, 0) is 10.2 Å². The number of rotatable bonds is 5. The Balaban J connectivity index is 1.53. The number of ether oxygens (including phenoxy) is 1. The number of aromatic amines is 1. The lowest BCUT2D eigenvalue weighted by Crippen LogP contribution is -2.48. The Kier molecular flexibility index (Phi) is 6.28. The molecule has 1 amide bonds. The van der Waals surface area contributed by atoms with E-state index in [-0.39, 0.29) is 23.5 Å². The number of hydrogen-bond donors (Lipinski definition) is 3. The molecule has 1 saturated carbocycles. The molecular formula is C22H30N4O3. The van der Waals surface area contributed by atoms with Crippen molar-refractivity contribution in [3.05, 3.63) is 53.9 Å². The van der Waals surface area contributed by atoms with Crippen LogP contribution in [0.2, 0.25) is 0 Å². The molecule has 2 aromatic rings. The van der Waals surface area contributed by atoms with E-state index in [1.54, 1.807) is 12.3 Å². The van der Waals surface area contributed by atoms with Gasteiger partial charge < -0.3 is 15.2 Å². The van der Waals surface area contributed by atoms with Crippen molar-refractivity contribution in [3.63, 3.8) is 0 Å². The van der Waals surface area contributed by atoms with Gasteiger partial charge in [-0.1, -0.05) is 30.3 Å². The van der Waals surface area contributed by atoms with Crippen molar-refractivity contribution in [1.82, 2.24) is 20.4 Å². The summed E-state index contributed by atoms with van der Waals surface area (Å²) in [6.45, 7) is 3.74. The van der Waals surface area contributed by atoms with E-state index in [4.69, 9.17) is 4.74 Å². The number of carbonyl (C=O) groups is 1. The predicted octanol–water partition coefficient (Wildman–Crippen LogP) is 1.71. The van der Waals surface area contributed by atoms with Gasteiger partial charge in [0.25, 0.3) is 5.91 Å². The quantitative estimate of drug-likeness (QED) is 0.667. The number of morpholine rings is 1. The van der Waals surface area contributed by atoms with Crippen LogP contribution < -0.4 is 5.32 Å². The van der Waals surface area contributed by atoms with Gasteiger partial charge in [-0.05, 0) is 37.3 Å². The third-order valence-corrected chi connectivity index (χ3v) is 6.52. The highest BCUT2D eigenvalue weighted by Crippen LogP contribution is 2.39. The molecule has 0 radical (unpaired) electrons. The normalized spacial score (nSPS) is 28.6. The van der Waals surface area contributed by atoms with Gasteiger partial charge in [0, 0.05) is 37.3 Å². The van der Waals surface area contributed by atoms with Crippen LogP contribution in [0.1, 0.15) is 41.7 Å². The van der Waals surface area contributed by atoms with Gasteiger partial charge in [-0.15, -0.1) is 0 Å². The number of nitrogens with one attached hydrogen (secondary N) is 2. The molecule has 1 aromatic heterocycles. The van der Waals surface area contributed by atoms with E-state index in [0.29, 0.717) is 12.2 Å². The lowest BCUT2D eigenvalue weighted by molar-refractivity contribution is -0.0236. The molecular weight excluding hydrogens is 368 g/mol. The fourth-order valence-electron chi connectivity index (χ4n) is 4.78. The summed E-state index contributed by atoms with van der Waals surface area (Å²) in [5, 5.41) is 20.6. The Morgan fingerprint density at radius 1 is 1.21 bits per heavy atom. The third-order valence-electron chi connectivity index (χ3n) is 6.52. The van der Waals surface area contributed by atoms with E-state index in [9.17, 15) is 9.90 Å². The average Bonchev–Trinajstić information content (AvgIpc) is 3.26. The molecule has 7 nitrogen and oxygen atoms in total. The van der Waals surface area contributed by atoms with E-state index < -0.39 is 0 Å². The lowest BCUT2D eigenvalue weighted by Gasteiger charge is -2.37. The molecule has 2 heterocycles. The van der Waals surface area contributed by atoms with Crippen LogP contribution in [0.25, 0.3) is 0 Å². The first-order valence-corrected chi connectivity index (χ1v) is 10.5. The van der Waals surface area contributed by atoms with Gasteiger partial charge in [-0.25, -0.2) is 0 Å². The number of benzene rings is 1. The molecule has 29 heavy (non-hydrogen) atoms. The van der Waals surface area contributed by atoms with Crippen molar-refractivity contribution in [2.75, 3.05) is 32.8 Å². The lowest BCUT2D eigenvalue weighted by atomic mass is 9.74. The third kappa shape index (κ3) is 4.52. The number of aliphatic hydroxyl groups excluding tert-OH is 1. The zero-order chi connectivity index (χ0) is 20.1. The number of H-pyrrole nitrogens is 1. The Hall–Kier alpha value is -2.22. The first-order valence-electron chi connectivity index (χ1n) is 10.5. The average molecular weight is 399 g/mol. The monoisotopic (exact) mass is 398 g/mol. The maximum Gasteiger partial charge on any atom is 0.269 e. The molecule has 7 heteroatoms.